The van der Waals surface area contributed by atoms with Crippen LogP contribution in [0.5, 0.6) is 0 Å². The van der Waals surface area contributed by atoms with Gasteiger partial charge in [-0.25, -0.2) is 4.68 Å². The molecule has 0 amide bonds. The van der Waals surface area contributed by atoms with Crippen LogP contribution in [0.15, 0.2) is 11.0 Å². The maximum atomic E-state index is 11.9. The van der Waals surface area contributed by atoms with Gasteiger partial charge in [-0.15, -0.1) is 0 Å². The minimum Gasteiger partial charge on any atom is -0.382 e. The highest BCUT2D eigenvalue weighted by Crippen LogP contribution is 2.15. The Balaban J connectivity index is 2.37. The van der Waals surface area contributed by atoms with Crippen molar-refractivity contribution >= 4 is 17.3 Å². The Labute approximate surface area is 126 Å². The van der Waals surface area contributed by atoms with Gasteiger partial charge in [-0.1, -0.05) is 57.6 Å². The molecule has 0 saturated carbocycles. The van der Waals surface area contributed by atoms with E-state index in [1.54, 1.807) is 6.20 Å². The second-order valence-electron chi connectivity index (χ2n) is 5.10. The molecule has 0 atom stereocenters. The van der Waals surface area contributed by atoms with Crippen LogP contribution in [0.25, 0.3) is 0 Å². The van der Waals surface area contributed by atoms with Gasteiger partial charge in [-0.05, 0) is 12.8 Å². The van der Waals surface area contributed by atoms with Crippen LogP contribution in [0, 0.1) is 0 Å². The number of aryl methyl sites for hydroxylation is 1. The summed E-state index contributed by atoms with van der Waals surface area (Å²) in [6.45, 7) is 5.67. The van der Waals surface area contributed by atoms with Crippen LogP contribution >= 0.6 is 11.6 Å². The second-order valence-corrected chi connectivity index (χ2v) is 5.47. The first-order chi connectivity index (χ1) is 9.70. The molecule has 0 bridgehead atoms. The van der Waals surface area contributed by atoms with Gasteiger partial charge in [0.15, 0.2) is 0 Å². The molecule has 4 nitrogen and oxygen atoms in total. The summed E-state index contributed by atoms with van der Waals surface area (Å²) in [6, 6.07) is 0. The third-order valence-electron chi connectivity index (χ3n) is 3.27. The lowest BCUT2D eigenvalue weighted by Crippen LogP contribution is -2.24. The molecule has 0 aliphatic rings. The molecule has 1 aromatic rings. The molecule has 0 saturated heterocycles. The second kappa shape index (κ2) is 9.81. The van der Waals surface area contributed by atoms with E-state index in [2.05, 4.69) is 17.3 Å². The summed E-state index contributed by atoms with van der Waals surface area (Å²) in [5.74, 6) is 0. The molecule has 1 N–H and O–H groups in total. The Morgan fingerprint density at radius 1 is 1.15 bits per heavy atom. The van der Waals surface area contributed by atoms with Crippen molar-refractivity contribution in [2.75, 3.05) is 11.9 Å². The molecule has 0 aliphatic carbocycles. The Bertz CT molecular complexity index is 445. The molecule has 20 heavy (non-hydrogen) atoms. The average molecular weight is 300 g/mol. The van der Waals surface area contributed by atoms with Gasteiger partial charge >= 0.3 is 0 Å². The SMILES string of the molecule is CCCCCCCCNc1cnn(CCC)c(=O)c1Cl. The summed E-state index contributed by atoms with van der Waals surface area (Å²) in [5, 5.41) is 7.58. The fourth-order valence-corrected chi connectivity index (χ4v) is 2.30. The Kier molecular flexibility index (Phi) is 8.35. The predicted octanol–water partition coefficient (Wildman–Crippen LogP) is 4.08. The standard InChI is InChI=1S/C15H26ClN3O/c1-3-5-6-7-8-9-10-17-13-12-18-19(11-4-2)15(20)14(13)16/h12,17H,3-11H2,1-2H3. The lowest BCUT2D eigenvalue weighted by atomic mass is 10.1. The molecule has 0 spiro atoms. The van der Waals surface area contributed by atoms with E-state index in [1.165, 1.54) is 36.8 Å². The van der Waals surface area contributed by atoms with Gasteiger partial charge < -0.3 is 5.32 Å². The molecule has 1 heterocycles. The minimum atomic E-state index is -0.207. The van der Waals surface area contributed by atoms with Crippen LogP contribution in [0.4, 0.5) is 5.69 Å². The van der Waals surface area contributed by atoms with E-state index in [-0.39, 0.29) is 10.6 Å². The summed E-state index contributed by atoms with van der Waals surface area (Å²) in [6.07, 6.45) is 10.0. The molecule has 5 heteroatoms. The molecule has 114 valence electrons. The molecule has 0 aliphatic heterocycles. The summed E-state index contributed by atoms with van der Waals surface area (Å²) in [5.41, 5.74) is 0.444. The van der Waals surface area contributed by atoms with Gasteiger partial charge in [-0.2, -0.15) is 5.10 Å². The number of anilines is 1. The van der Waals surface area contributed by atoms with E-state index in [4.69, 9.17) is 11.6 Å². The van der Waals surface area contributed by atoms with E-state index in [9.17, 15) is 4.79 Å². The largest absolute Gasteiger partial charge is 0.382 e. The first-order valence-corrected chi connectivity index (χ1v) is 8.08. The van der Waals surface area contributed by atoms with Crippen molar-refractivity contribution in [3.63, 3.8) is 0 Å². The highest BCUT2D eigenvalue weighted by molar-refractivity contribution is 6.32. The number of unbranched alkanes of at least 4 members (excludes halogenated alkanes) is 5. The Hall–Kier alpha value is -1.03. The van der Waals surface area contributed by atoms with Gasteiger partial charge in [0.1, 0.15) is 5.02 Å². The number of rotatable bonds is 10. The summed E-state index contributed by atoms with van der Waals surface area (Å²) < 4.78 is 1.41. The number of nitrogens with one attached hydrogen (secondary N) is 1. The zero-order chi connectivity index (χ0) is 14.8. The fourth-order valence-electron chi connectivity index (χ4n) is 2.09. The molecule has 0 fully saturated rings. The topological polar surface area (TPSA) is 46.9 Å². The molecule has 0 radical (unpaired) electrons. The lowest BCUT2D eigenvalue weighted by Gasteiger charge is -2.09. The van der Waals surface area contributed by atoms with Crippen LogP contribution in [0.3, 0.4) is 0 Å². The van der Waals surface area contributed by atoms with Crippen LogP contribution < -0.4 is 10.9 Å². The third-order valence-corrected chi connectivity index (χ3v) is 3.63. The molecular weight excluding hydrogens is 274 g/mol. The number of hydrogen-bond donors (Lipinski definition) is 1. The molecular formula is C15H26ClN3O. The van der Waals surface area contributed by atoms with Crippen molar-refractivity contribution in [1.29, 1.82) is 0 Å². The maximum absolute atomic E-state index is 11.9. The highest BCUT2D eigenvalue weighted by Gasteiger charge is 2.07. The number of aromatic nitrogens is 2. The van der Waals surface area contributed by atoms with E-state index < -0.39 is 0 Å². The monoisotopic (exact) mass is 299 g/mol. The van der Waals surface area contributed by atoms with Gasteiger partial charge in [0.05, 0.1) is 11.9 Å². The molecule has 1 aromatic heterocycles. The van der Waals surface area contributed by atoms with Crippen molar-refractivity contribution < 1.29 is 0 Å². The quantitative estimate of drug-likeness (QED) is 0.662. The third kappa shape index (κ3) is 5.53. The molecule has 0 unspecified atom stereocenters. The van der Waals surface area contributed by atoms with Gasteiger partial charge in [0, 0.05) is 13.1 Å². The van der Waals surface area contributed by atoms with Crippen molar-refractivity contribution in [2.24, 2.45) is 0 Å². The Morgan fingerprint density at radius 3 is 2.55 bits per heavy atom. The normalized spacial score (nSPS) is 10.8. The van der Waals surface area contributed by atoms with Crippen LogP contribution in [0.1, 0.15) is 58.8 Å². The Morgan fingerprint density at radius 2 is 1.85 bits per heavy atom. The first kappa shape index (κ1) is 17.0. The smallest absolute Gasteiger partial charge is 0.287 e. The van der Waals surface area contributed by atoms with Crippen molar-refractivity contribution in [2.45, 2.75) is 65.3 Å². The lowest BCUT2D eigenvalue weighted by molar-refractivity contribution is 0.568. The summed E-state index contributed by atoms with van der Waals surface area (Å²) in [4.78, 5) is 11.9. The van der Waals surface area contributed by atoms with E-state index in [0.29, 0.717) is 12.2 Å². The average Bonchev–Trinajstić information content (AvgIpc) is 2.45. The van der Waals surface area contributed by atoms with Crippen LogP contribution in [-0.2, 0) is 6.54 Å². The zero-order valence-electron chi connectivity index (χ0n) is 12.6. The minimum absolute atomic E-state index is 0.207. The summed E-state index contributed by atoms with van der Waals surface area (Å²) >= 11 is 6.08. The molecule has 0 aromatic carbocycles. The first-order valence-electron chi connectivity index (χ1n) is 7.70. The number of hydrogen-bond acceptors (Lipinski definition) is 3. The van der Waals surface area contributed by atoms with Crippen LogP contribution in [0.2, 0.25) is 5.02 Å². The van der Waals surface area contributed by atoms with E-state index >= 15 is 0 Å². The number of halogens is 1. The highest BCUT2D eigenvalue weighted by atomic mass is 35.5. The van der Waals surface area contributed by atoms with Crippen molar-refractivity contribution in [1.82, 2.24) is 9.78 Å². The number of nitrogens with zero attached hydrogens (tertiary/aromatic N) is 2. The summed E-state index contributed by atoms with van der Waals surface area (Å²) in [7, 11) is 0. The van der Waals surface area contributed by atoms with E-state index in [1.807, 2.05) is 6.92 Å². The molecule has 1 rings (SSSR count). The van der Waals surface area contributed by atoms with Crippen molar-refractivity contribution in [3.8, 4) is 0 Å². The van der Waals surface area contributed by atoms with Crippen molar-refractivity contribution in [3.05, 3.63) is 21.6 Å². The fraction of sp³-hybridized carbons (Fsp3) is 0.733. The van der Waals surface area contributed by atoms with Gasteiger partial charge in [0.2, 0.25) is 0 Å². The van der Waals surface area contributed by atoms with Gasteiger partial charge in [-0.3, -0.25) is 4.79 Å². The van der Waals surface area contributed by atoms with Gasteiger partial charge in [0.25, 0.3) is 5.56 Å². The zero-order valence-corrected chi connectivity index (χ0v) is 13.4. The maximum Gasteiger partial charge on any atom is 0.287 e. The predicted molar refractivity (Wildman–Crippen MR) is 85.7 cm³/mol. The van der Waals surface area contributed by atoms with Crippen LogP contribution in [-0.4, -0.2) is 16.3 Å². The van der Waals surface area contributed by atoms with E-state index in [0.717, 1.165) is 19.4 Å².